The van der Waals surface area contributed by atoms with E-state index in [1.54, 1.807) is 18.3 Å². The molecule has 0 radical (unpaired) electrons. The number of amides is 5. The van der Waals surface area contributed by atoms with Crippen molar-refractivity contribution in [2.45, 2.75) is 62.3 Å². The molecular weight excluding hydrogens is 815 g/mol. The van der Waals surface area contributed by atoms with E-state index in [0.717, 1.165) is 16.5 Å². The Bertz CT molecular complexity index is 2490. The molecular formula is C43H47N11O9. The van der Waals surface area contributed by atoms with E-state index >= 15 is 0 Å². The first-order chi connectivity index (χ1) is 30.3. The summed E-state index contributed by atoms with van der Waals surface area (Å²) in [7, 11) is 0. The van der Waals surface area contributed by atoms with E-state index in [-0.39, 0.29) is 43.6 Å². The molecule has 5 amide bonds. The number of aliphatic carboxylic acids is 1. The summed E-state index contributed by atoms with van der Waals surface area (Å²) >= 11 is 0. The molecule has 6 rings (SSSR count). The first-order valence-corrected chi connectivity index (χ1v) is 19.8. The molecule has 0 spiro atoms. The second kappa shape index (κ2) is 21.0. The molecule has 20 heteroatoms. The number of hydrogen-bond acceptors (Lipinski definition) is 11. The van der Waals surface area contributed by atoms with Crippen LogP contribution in [0.25, 0.3) is 10.9 Å². The smallest absolute Gasteiger partial charge is 0.322 e. The maximum absolute atomic E-state index is 14.4. The number of aromatic hydroxyl groups is 2. The number of aromatic amines is 3. The second-order valence-corrected chi connectivity index (χ2v) is 14.8. The second-order valence-electron chi connectivity index (χ2n) is 14.8. The molecule has 3 aromatic heterocycles. The van der Waals surface area contributed by atoms with Crippen molar-refractivity contribution < 1.29 is 44.1 Å². The highest BCUT2D eigenvalue weighted by molar-refractivity contribution is 5.96. The van der Waals surface area contributed by atoms with E-state index in [1.165, 1.54) is 61.4 Å². The molecule has 63 heavy (non-hydrogen) atoms. The molecule has 0 aliphatic carbocycles. The molecule has 13 N–H and O–H groups in total. The quantitative estimate of drug-likeness (QED) is 0.0456. The summed E-state index contributed by atoms with van der Waals surface area (Å²) in [6, 6.07) is 12.8. The van der Waals surface area contributed by atoms with Gasteiger partial charge in [-0.05, 0) is 53.4 Å². The van der Waals surface area contributed by atoms with Crippen molar-refractivity contribution in [2.24, 2.45) is 5.73 Å². The van der Waals surface area contributed by atoms with Gasteiger partial charge in [0, 0.05) is 66.6 Å². The van der Waals surface area contributed by atoms with E-state index in [0.29, 0.717) is 22.5 Å². The molecule has 0 fully saturated rings. The zero-order chi connectivity index (χ0) is 44.9. The van der Waals surface area contributed by atoms with E-state index in [1.807, 2.05) is 24.3 Å². The average Bonchev–Trinajstić information content (AvgIpc) is 4.07. The third kappa shape index (κ3) is 12.8. The molecule has 0 aliphatic heterocycles. The fourth-order valence-corrected chi connectivity index (χ4v) is 6.82. The summed E-state index contributed by atoms with van der Waals surface area (Å²) in [6.45, 7) is -0.724. The number of hydrogen-bond donors (Lipinski definition) is 12. The number of benzene rings is 3. The van der Waals surface area contributed by atoms with E-state index in [4.69, 9.17) is 5.73 Å². The average molecular weight is 862 g/mol. The molecule has 3 aromatic carbocycles. The Morgan fingerprint density at radius 3 is 1.51 bits per heavy atom. The minimum atomic E-state index is -1.40. The Kier molecular flexibility index (Phi) is 14.8. The summed E-state index contributed by atoms with van der Waals surface area (Å²) in [5, 5.41) is 43.0. The lowest BCUT2D eigenvalue weighted by Crippen LogP contribution is -2.60. The van der Waals surface area contributed by atoms with Gasteiger partial charge in [0.05, 0.1) is 18.7 Å². The Balaban J connectivity index is 1.25. The van der Waals surface area contributed by atoms with Gasteiger partial charge in [0.1, 0.15) is 42.2 Å². The lowest BCUT2D eigenvalue weighted by atomic mass is 10.0. The van der Waals surface area contributed by atoms with Gasteiger partial charge in [-0.15, -0.1) is 0 Å². The number of nitrogens with zero attached hydrogens (tertiary/aromatic N) is 2. The summed E-state index contributed by atoms with van der Waals surface area (Å²) < 4.78 is 0. The number of phenols is 2. The van der Waals surface area contributed by atoms with Gasteiger partial charge in [-0.25, -0.2) is 9.97 Å². The zero-order valence-corrected chi connectivity index (χ0v) is 33.7. The number of para-hydroxylation sites is 1. The number of H-pyrrole nitrogens is 3. The van der Waals surface area contributed by atoms with Crippen LogP contribution in [0.2, 0.25) is 0 Å². The van der Waals surface area contributed by atoms with Crippen molar-refractivity contribution in [1.29, 1.82) is 0 Å². The van der Waals surface area contributed by atoms with Crippen LogP contribution in [0.15, 0.2) is 104 Å². The molecule has 0 saturated heterocycles. The van der Waals surface area contributed by atoms with Crippen molar-refractivity contribution in [1.82, 2.24) is 51.5 Å². The van der Waals surface area contributed by atoms with Crippen LogP contribution >= 0.6 is 0 Å². The van der Waals surface area contributed by atoms with Crippen LogP contribution in [0.4, 0.5) is 0 Å². The van der Waals surface area contributed by atoms with Gasteiger partial charge >= 0.3 is 5.97 Å². The number of phenolic OH excluding ortho intramolecular Hbond substituents is 2. The first kappa shape index (κ1) is 44.5. The van der Waals surface area contributed by atoms with Gasteiger partial charge in [0.2, 0.25) is 29.5 Å². The number of nitrogens with two attached hydrogens (primary N) is 1. The topological polar surface area (TPSA) is 322 Å². The van der Waals surface area contributed by atoms with Crippen LogP contribution in [-0.2, 0) is 60.9 Å². The summed E-state index contributed by atoms with van der Waals surface area (Å²) in [6.07, 6.45) is 7.10. The van der Waals surface area contributed by atoms with Crippen molar-refractivity contribution >= 4 is 46.4 Å². The predicted octanol–water partition coefficient (Wildman–Crippen LogP) is 0.00590. The molecule has 3 heterocycles. The molecule has 5 atom stereocenters. The van der Waals surface area contributed by atoms with Gasteiger partial charge in [-0.2, -0.15) is 0 Å². The largest absolute Gasteiger partial charge is 0.508 e. The summed E-state index contributed by atoms with van der Waals surface area (Å²) in [4.78, 5) is 97.8. The molecule has 0 aliphatic rings. The van der Waals surface area contributed by atoms with Crippen LogP contribution in [0.1, 0.15) is 28.1 Å². The van der Waals surface area contributed by atoms with E-state index < -0.39 is 72.3 Å². The maximum atomic E-state index is 14.4. The fraction of sp³-hybridized carbons (Fsp3) is 0.256. The van der Waals surface area contributed by atoms with Gasteiger partial charge < -0.3 is 62.6 Å². The number of carboxylic acids is 1. The van der Waals surface area contributed by atoms with Crippen LogP contribution in [0.5, 0.6) is 11.5 Å². The van der Waals surface area contributed by atoms with Gasteiger partial charge in [-0.1, -0.05) is 42.5 Å². The number of imidazole rings is 2. The first-order valence-electron chi connectivity index (χ1n) is 19.8. The normalized spacial score (nSPS) is 13.5. The lowest BCUT2D eigenvalue weighted by molar-refractivity contribution is -0.138. The highest BCUT2D eigenvalue weighted by Crippen LogP contribution is 2.19. The standard InChI is InChI=1S/C43H47N11O9/c44-32(15-26-18-47-33-4-2-1-3-31(26)33)39(59)51-37(17-28-20-46-23-50-28)43(63)53-34(13-24-5-9-29(55)10-6-24)41(61)52-35(14-25-7-11-30(56)12-8-25)42(62)54-36(16-27-19-45-22-49-27)40(60)48-21-38(57)58/h1-12,18-20,22-23,32,34-37,47,55-56H,13-17,21,44H2,(H,45,49)(H,46,50)(H,48,60)(H,51,59)(H,52,61)(H,53,63)(H,54,62)(H,57,58). The number of aromatic nitrogens is 5. The molecule has 6 aromatic rings. The number of carbonyl (C=O) groups is 6. The molecule has 328 valence electrons. The van der Waals surface area contributed by atoms with Crippen molar-refractivity contribution in [2.75, 3.05) is 6.54 Å². The van der Waals surface area contributed by atoms with Crippen LogP contribution in [-0.4, -0.2) is 112 Å². The maximum Gasteiger partial charge on any atom is 0.322 e. The number of carboxylic acid groups (broad SMARTS) is 1. The minimum Gasteiger partial charge on any atom is -0.508 e. The van der Waals surface area contributed by atoms with Gasteiger partial charge in [0.15, 0.2) is 0 Å². The van der Waals surface area contributed by atoms with Crippen molar-refractivity contribution in [3.05, 3.63) is 132 Å². The molecule has 0 saturated carbocycles. The number of nitrogens with one attached hydrogen (secondary N) is 8. The van der Waals surface area contributed by atoms with Crippen LogP contribution in [0, 0.1) is 0 Å². The molecule has 5 unspecified atom stereocenters. The number of rotatable bonds is 21. The summed E-state index contributed by atoms with van der Waals surface area (Å²) in [5.41, 5.74) is 10.00. The van der Waals surface area contributed by atoms with Gasteiger partial charge in [-0.3, -0.25) is 28.8 Å². The monoisotopic (exact) mass is 861 g/mol. The van der Waals surface area contributed by atoms with Crippen molar-refractivity contribution in [3.63, 3.8) is 0 Å². The summed E-state index contributed by atoms with van der Waals surface area (Å²) in [5.74, 6) is -5.31. The minimum absolute atomic E-state index is 0.0437. The Morgan fingerprint density at radius 1 is 0.571 bits per heavy atom. The van der Waals surface area contributed by atoms with E-state index in [9.17, 15) is 44.1 Å². The highest BCUT2D eigenvalue weighted by atomic mass is 16.4. The Hall–Kier alpha value is -8.00. The van der Waals surface area contributed by atoms with Crippen LogP contribution < -0.4 is 32.3 Å². The third-order valence-corrected chi connectivity index (χ3v) is 10.1. The third-order valence-electron chi connectivity index (χ3n) is 10.1. The highest BCUT2D eigenvalue weighted by Gasteiger charge is 2.33. The Morgan fingerprint density at radius 2 is 1.03 bits per heavy atom. The van der Waals surface area contributed by atoms with E-state index in [2.05, 4.69) is 51.5 Å². The molecule has 0 bridgehead atoms. The SMILES string of the molecule is NC(Cc1c[nH]c2ccccc12)C(=O)NC(Cc1cnc[nH]1)C(=O)NC(Cc1ccc(O)cc1)C(=O)NC(Cc1ccc(O)cc1)C(=O)NC(Cc1cnc[nH]1)C(=O)NCC(=O)O. The van der Waals surface area contributed by atoms with Crippen molar-refractivity contribution in [3.8, 4) is 11.5 Å². The zero-order valence-electron chi connectivity index (χ0n) is 33.7. The van der Waals surface area contributed by atoms with Gasteiger partial charge in [0.25, 0.3) is 0 Å². The van der Waals surface area contributed by atoms with Crippen LogP contribution in [0.3, 0.4) is 0 Å². The number of fused-ring (bicyclic) bond motifs is 1. The fourth-order valence-electron chi connectivity index (χ4n) is 6.82. The Labute approximate surface area is 359 Å². The lowest BCUT2D eigenvalue weighted by Gasteiger charge is -2.27. The number of carbonyl (C=O) groups excluding carboxylic acids is 5. The molecule has 20 nitrogen and oxygen atoms in total. The predicted molar refractivity (Wildman–Crippen MR) is 227 cm³/mol.